The lowest BCUT2D eigenvalue weighted by molar-refractivity contribution is -0.121. The molecule has 143 heavy (non-hydrogen) atoms. The van der Waals surface area contributed by atoms with E-state index >= 15 is 0 Å². The molecule has 4 aliphatic rings. The minimum Gasteiger partial charge on any atom is -0.489 e. The van der Waals surface area contributed by atoms with Crippen LogP contribution in [0.2, 0.25) is 0 Å². The van der Waals surface area contributed by atoms with Gasteiger partial charge in [0, 0.05) is 104 Å². The van der Waals surface area contributed by atoms with Gasteiger partial charge in [0.25, 0.3) is 0 Å². The molecule has 41 nitrogen and oxygen atoms in total. The lowest BCUT2D eigenvalue weighted by Gasteiger charge is -2.20. The Morgan fingerprint density at radius 2 is 0.685 bits per heavy atom. The van der Waals surface area contributed by atoms with Crippen molar-refractivity contribution >= 4 is 77.5 Å². The number of carboxylic acid groups (broad SMARTS) is 1. The van der Waals surface area contributed by atoms with E-state index < -0.39 is 17.7 Å². The number of aromatic carboxylic acids is 1. The molecule has 46 heteroatoms. The molecule has 824 valence electrons. The molecule has 4 aliphatic heterocycles. The summed E-state index contributed by atoms with van der Waals surface area (Å²) in [6, 6.07) is 13.3. The van der Waals surface area contributed by atoms with Crippen molar-refractivity contribution in [3.8, 4) is 11.5 Å². The first kappa shape index (κ1) is 131. The SMILES string of the molecule is CC(C)(C)OC(=O)NC/C(=C\F)COc1ccc(C(=O)O)cc1.Cl.NC/C(=C\F)COc1ccc(C(=O)CCCOCCOCCOCCOCCOCCOCCOCCOCCOCCOCCOCCCC(=O)CCCCC2SCC3NC(=O)NC32)cc1.NCCOCCOCCOCCOCCOCCOCCOCCOCCOCCOCCOCCNC(=O)CCCCC1SCC2NC(=O)NC21. The van der Waals surface area contributed by atoms with Gasteiger partial charge >= 0.3 is 24.1 Å². The number of urea groups is 2. The molecule has 4 heterocycles. The fourth-order valence-corrected chi connectivity index (χ4v) is 16.2. The number of alkyl carbamates (subject to hydrolysis) is 1. The lowest BCUT2D eigenvalue weighted by atomic mass is 10.0. The predicted octanol–water partition coefficient (Wildman–Crippen LogP) is 7.63. The Morgan fingerprint density at radius 3 is 1.01 bits per heavy atom. The summed E-state index contributed by atoms with van der Waals surface area (Å²) in [6.07, 6.45) is 9.27. The second-order valence-electron chi connectivity index (χ2n) is 33.0. The van der Waals surface area contributed by atoms with E-state index in [1.54, 1.807) is 45.0 Å². The normalized spacial score (nSPS) is 16.4. The van der Waals surface area contributed by atoms with E-state index in [1.807, 2.05) is 23.5 Å². The number of hydrogen-bond acceptors (Lipinski definition) is 36. The third-order valence-electron chi connectivity index (χ3n) is 20.5. The second kappa shape index (κ2) is 91.7. The zero-order chi connectivity index (χ0) is 102. The van der Waals surface area contributed by atoms with E-state index in [0.717, 1.165) is 56.5 Å². The van der Waals surface area contributed by atoms with Crippen molar-refractivity contribution in [3.63, 3.8) is 0 Å². The van der Waals surface area contributed by atoms with Crippen LogP contribution in [0.25, 0.3) is 0 Å². The zero-order valence-corrected chi connectivity index (χ0v) is 86.6. The number of hydrogen-bond donors (Lipinski definition) is 9. The van der Waals surface area contributed by atoms with Crippen molar-refractivity contribution in [3.05, 3.63) is 83.5 Å². The molecule has 0 aliphatic carbocycles. The van der Waals surface area contributed by atoms with Gasteiger partial charge in [-0.15, -0.1) is 12.4 Å². The molecule has 6 atom stereocenters. The summed E-state index contributed by atoms with van der Waals surface area (Å²) < 4.78 is 162. The average molecular weight is 2110 g/mol. The number of halogens is 3. The third-order valence-corrected chi connectivity index (χ3v) is 23.5. The molecule has 6 unspecified atom stereocenters. The fraction of sp³-hybridized carbons (Fsp3) is 0.763. The predicted molar refractivity (Wildman–Crippen MR) is 536 cm³/mol. The highest BCUT2D eigenvalue weighted by Crippen LogP contribution is 2.35. The van der Waals surface area contributed by atoms with Gasteiger partial charge in [-0.05, 0) is 108 Å². The Balaban J connectivity index is 0.000000610. The van der Waals surface area contributed by atoms with Crippen LogP contribution >= 0.6 is 35.9 Å². The number of amides is 6. The van der Waals surface area contributed by atoms with Crippen LogP contribution in [0.5, 0.6) is 11.5 Å². The minimum absolute atomic E-state index is 0. The van der Waals surface area contributed by atoms with Crippen LogP contribution in [0, 0.1) is 0 Å². The molecule has 0 radical (unpaired) electrons. The molecule has 2 aromatic rings. The highest BCUT2D eigenvalue weighted by molar-refractivity contribution is 8.00. The number of unbranched alkanes of at least 4 members (excludes halogenated alkanes) is 2. The Bertz CT molecular complexity index is 3540. The summed E-state index contributed by atoms with van der Waals surface area (Å²) in [5.74, 6) is 2.17. The Kier molecular flexibility index (Phi) is 83.8. The van der Waals surface area contributed by atoms with Crippen LogP contribution in [-0.2, 0) is 119 Å². The number of nitrogens with two attached hydrogens (primary N) is 2. The number of rotatable bonds is 94. The molecule has 6 rings (SSSR count). The summed E-state index contributed by atoms with van der Waals surface area (Å²) in [4.78, 5) is 81.8. The second-order valence-corrected chi connectivity index (χ2v) is 35.6. The van der Waals surface area contributed by atoms with Crippen molar-refractivity contribution < 1.29 is 166 Å². The first-order valence-electron chi connectivity index (χ1n) is 49.4. The van der Waals surface area contributed by atoms with Crippen molar-refractivity contribution in [2.75, 3.05) is 342 Å². The van der Waals surface area contributed by atoms with Gasteiger partial charge in [-0.1, -0.05) is 12.8 Å². The van der Waals surface area contributed by atoms with Crippen molar-refractivity contribution in [2.24, 2.45) is 11.5 Å². The van der Waals surface area contributed by atoms with E-state index in [2.05, 4.69) is 31.9 Å². The van der Waals surface area contributed by atoms with Crippen molar-refractivity contribution in [1.29, 1.82) is 0 Å². The number of benzene rings is 2. The molecule has 0 aromatic heterocycles. The third kappa shape index (κ3) is 74.1. The highest BCUT2D eigenvalue weighted by Gasteiger charge is 2.44. The van der Waals surface area contributed by atoms with Gasteiger partial charge in [-0.3, -0.25) is 14.4 Å². The Morgan fingerprint density at radius 1 is 0.385 bits per heavy atom. The topological polar surface area (TPSA) is 495 Å². The molecule has 2 aromatic carbocycles. The van der Waals surface area contributed by atoms with Crippen LogP contribution < -0.4 is 52.8 Å². The van der Waals surface area contributed by atoms with Gasteiger partial charge in [0.15, 0.2) is 5.78 Å². The summed E-state index contributed by atoms with van der Waals surface area (Å²) in [7, 11) is 0. The standard InChI is InChI=1S/C47H78FN3O15S.C34H66N4O13S.C16H20FNO5.ClH/c48-35-39(36-49)37-66-42-11-9-40(10-12-42)44(53)7-4-14-56-16-18-58-20-22-60-24-26-62-28-30-64-32-34-65-33-31-63-29-27-61-25-23-59-21-19-57-17-15-55-13-3-6-41(52)5-1-2-8-45-46-43(38-67-45)50-47(54)51-46;35-5-7-41-9-11-43-13-15-45-17-19-47-21-23-49-25-27-51-28-26-50-24-22-48-20-18-46-16-14-44-12-10-42-8-6-36-32(39)4-2-1-3-31-33-30(29-52-31)37-34(40)38-33;1-16(2,3)23-15(21)18-9-11(8-17)10-22-13-6-4-12(5-7-13)14(19)20;/h9-12,35,43,45-46H,1-8,13-34,36-38,49H2,(H2,50,51,54);30-31,33H,1-29,35H2,(H,36,39)(H2,37,38,40);4-8H,9-10H2,1-3H3,(H,18,21)(H,19,20);1H/b39-35+;;11-8+;. The molecule has 11 N–H and O–H groups in total. The number of thioether (sulfide) groups is 2. The Labute approximate surface area is 857 Å². The van der Waals surface area contributed by atoms with Crippen LogP contribution in [-0.4, -0.2) is 429 Å². The van der Waals surface area contributed by atoms with Crippen LogP contribution in [0.4, 0.5) is 23.2 Å². The summed E-state index contributed by atoms with van der Waals surface area (Å²) in [5.41, 5.74) is 11.4. The van der Waals surface area contributed by atoms with Gasteiger partial charge in [0.05, 0.1) is 320 Å². The van der Waals surface area contributed by atoms with Gasteiger partial charge in [-0.25, -0.2) is 28.0 Å². The van der Waals surface area contributed by atoms with Crippen LogP contribution in [0.3, 0.4) is 0 Å². The maximum atomic E-state index is 12.8. The van der Waals surface area contributed by atoms with E-state index in [9.17, 15) is 42.3 Å². The number of fused-ring (bicyclic) bond motifs is 2. The lowest BCUT2D eigenvalue weighted by Crippen LogP contribution is -2.36. The fourth-order valence-electron chi connectivity index (χ4n) is 13.1. The Hall–Kier alpha value is -6.50. The highest BCUT2D eigenvalue weighted by atomic mass is 35.5. The first-order valence-corrected chi connectivity index (χ1v) is 51.5. The minimum atomic E-state index is -1.04. The molecule has 4 saturated heterocycles. The summed E-state index contributed by atoms with van der Waals surface area (Å²) >= 11 is 3.81. The monoisotopic (exact) mass is 2110 g/mol. The van der Waals surface area contributed by atoms with Gasteiger partial charge in [0.1, 0.15) is 36.1 Å². The molecule has 4 fully saturated rings. The van der Waals surface area contributed by atoms with E-state index in [0.29, 0.717) is 382 Å². The van der Waals surface area contributed by atoms with Gasteiger partial charge < -0.3 is 167 Å². The van der Waals surface area contributed by atoms with Crippen LogP contribution in [0.1, 0.15) is 119 Å². The van der Waals surface area contributed by atoms with E-state index in [4.69, 9.17) is 135 Å². The van der Waals surface area contributed by atoms with Gasteiger partial charge in [0.2, 0.25) is 5.91 Å². The van der Waals surface area contributed by atoms with Gasteiger partial charge in [-0.2, -0.15) is 23.5 Å². The maximum Gasteiger partial charge on any atom is 0.407 e. The number of carboxylic acids is 1. The average Bonchev–Trinajstić information content (AvgIpc) is 1.67. The number of carbonyl (C=O) groups is 7. The largest absolute Gasteiger partial charge is 0.489 e. The van der Waals surface area contributed by atoms with E-state index in [1.165, 1.54) is 24.3 Å². The van der Waals surface area contributed by atoms with Crippen molar-refractivity contribution in [2.45, 2.75) is 138 Å². The van der Waals surface area contributed by atoms with Crippen molar-refractivity contribution in [1.82, 2.24) is 31.9 Å². The molecule has 0 bridgehead atoms. The zero-order valence-electron chi connectivity index (χ0n) is 84.1. The summed E-state index contributed by atoms with van der Waals surface area (Å²) in [5, 5.41) is 26.9. The number of nitrogens with one attached hydrogen (secondary N) is 6. The summed E-state index contributed by atoms with van der Waals surface area (Å²) in [6.45, 7) is 27.6. The molecule has 0 spiro atoms. The number of Topliss-reactive ketones (excluding diaryl/α,β-unsaturated/α-hetero) is 2. The maximum absolute atomic E-state index is 12.8. The molecular formula is C97H165ClF2N8O33S2. The molecular weight excluding hydrogens is 1940 g/mol. The quantitative estimate of drug-likeness (QED) is 0.0174. The molecule has 0 saturated carbocycles. The van der Waals surface area contributed by atoms with Crippen LogP contribution in [0.15, 0.2) is 72.3 Å². The first-order chi connectivity index (χ1) is 69.4. The smallest absolute Gasteiger partial charge is 0.407 e. The van der Waals surface area contributed by atoms with E-state index in [-0.39, 0.29) is 104 Å². The number of ketones is 2. The number of carbonyl (C=O) groups excluding carboxylic acids is 6. The molecule has 6 amide bonds. The number of ether oxygens (including phenoxy) is 25.